The van der Waals surface area contributed by atoms with Crippen molar-refractivity contribution in [1.82, 2.24) is 14.5 Å². The zero-order valence-corrected chi connectivity index (χ0v) is 25.4. The number of aromatic nitrogens is 2. The number of fused-ring (bicyclic) bond motifs is 1. The van der Waals surface area contributed by atoms with Gasteiger partial charge in [0.05, 0.1) is 18.2 Å². The summed E-state index contributed by atoms with van der Waals surface area (Å²) < 4.78 is 38.6. The number of ketones is 1. The van der Waals surface area contributed by atoms with Crippen LogP contribution in [0.5, 0.6) is 5.75 Å². The number of rotatable bonds is 9. The fourth-order valence-corrected chi connectivity index (χ4v) is 5.62. The number of halogens is 2. The highest BCUT2D eigenvalue weighted by Crippen LogP contribution is 2.37. The molecule has 1 aromatic heterocycles. The molecule has 5 rings (SSSR count). The Kier molecular flexibility index (Phi) is 8.99. The molecule has 0 fully saturated rings. The van der Waals surface area contributed by atoms with Crippen LogP contribution in [-0.4, -0.2) is 33.5 Å². The zero-order valence-electron chi connectivity index (χ0n) is 25.4. The van der Waals surface area contributed by atoms with Crippen molar-refractivity contribution in [1.29, 1.82) is 0 Å². The summed E-state index contributed by atoms with van der Waals surface area (Å²) in [5.41, 5.74) is 1.59. The number of Topliss-reactive ketones (excluding diaryl/α,β-unsaturated/α-hetero) is 1. The smallest absolute Gasteiger partial charge is 0.330 e. The highest BCUT2D eigenvalue weighted by Gasteiger charge is 2.28. The Labute approximate surface area is 258 Å². The molecule has 1 amide bonds. The van der Waals surface area contributed by atoms with Crippen molar-refractivity contribution in [2.75, 3.05) is 11.9 Å². The van der Waals surface area contributed by atoms with Gasteiger partial charge >= 0.3 is 5.69 Å². The number of hydrogen-bond donors (Lipinski definition) is 2. The summed E-state index contributed by atoms with van der Waals surface area (Å²) in [6.45, 7) is 3.55. The topological polar surface area (TPSA) is 111 Å². The number of carbonyl (C=O) groups excluding carboxylic acids is 2. The Morgan fingerprint density at radius 2 is 1.69 bits per heavy atom. The average molecular weight is 617 g/mol. The maximum atomic E-state index is 15.1. The van der Waals surface area contributed by atoms with Gasteiger partial charge in [-0.2, -0.15) is 0 Å². The fourth-order valence-electron chi connectivity index (χ4n) is 5.62. The summed E-state index contributed by atoms with van der Waals surface area (Å²) in [6.07, 6.45) is 2.77. The summed E-state index contributed by atoms with van der Waals surface area (Å²) in [5.74, 6) is -3.12. The van der Waals surface area contributed by atoms with Crippen LogP contribution in [0.4, 0.5) is 14.5 Å². The van der Waals surface area contributed by atoms with Gasteiger partial charge in [0.25, 0.3) is 11.5 Å². The molecule has 0 unspecified atom stereocenters. The van der Waals surface area contributed by atoms with E-state index in [2.05, 4.69) is 10.6 Å². The third-order valence-electron chi connectivity index (χ3n) is 8.08. The Bertz CT molecular complexity index is 1880. The molecule has 45 heavy (non-hydrogen) atoms. The molecular weight excluding hydrogens is 582 g/mol. The normalized spacial score (nSPS) is 13.7. The third-order valence-corrected chi connectivity index (χ3v) is 8.08. The SMILES string of the molecule is CC(=O)[C@H](Cc1ccc(-c2cn(C)c(=O)n(C)c2=O)c2c1CCCO2)NC(=O)c1c(F)cc(N[C@@H](C)c2ccccc2)cc1F. The van der Waals surface area contributed by atoms with Gasteiger partial charge in [-0.3, -0.25) is 19.0 Å². The largest absolute Gasteiger partial charge is 0.493 e. The first kappa shape index (κ1) is 31.4. The zero-order chi connectivity index (χ0) is 32.4. The van der Waals surface area contributed by atoms with E-state index in [1.165, 1.54) is 24.7 Å². The van der Waals surface area contributed by atoms with Crippen LogP contribution in [-0.2, 0) is 31.7 Å². The van der Waals surface area contributed by atoms with Crippen LogP contribution in [0.2, 0.25) is 0 Å². The lowest BCUT2D eigenvalue weighted by molar-refractivity contribution is -0.118. The van der Waals surface area contributed by atoms with Gasteiger partial charge < -0.3 is 19.9 Å². The number of benzene rings is 3. The van der Waals surface area contributed by atoms with E-state index in [1.54, 1.807) is 19.2 Å². The van der Waals surface area contributed by atoms with E-state index in [9.17, 15) is 19.2 Å². The molecular formula is C34H34F2N4O5. The first-order valence-corrected chi connectivity index (χ1v) is 14.6. The van der Waals surface area contributed by atoms with Crippen LogP contribution in [0.1, 0.15) is 53.4 Å². The van der Waals surface area contributed by atoms with E-state index >= 15 is 8.78 Å². The molecule has 2 heterocycles. The number of carbonyl (C=O) groups is 2. The highest BCUT2D eigenvalue weighted by atomic mass is 19.1. The van der Waals surface area contributed by atoms with Gasteiger partial charge in [0.2, 0.25) is 0 Å². The number of anilines is 1. The third kappa shape index (κ3) is 6.43. The van der Waals surface area contributed by atoms with Crippen LogP contribution in [0.25, 0.3) is 11.1 Å². The number of hydrogen-bond acceptors (Lipinski definition) is 6. The van der Waals surface area contributed by atoms with Crippen LogP contribution < -0.4 is 26.6 Å². The van der Waals surface area contributed by atoms with Gasteiger partial charge in [-0.25, -0.2) is 13.6 Å². The number of aryl methyl sites for hydroxylation is 1. The van der Waals surface area contributed by atoms with Crippen LogP contribution in [0, 0.1) is 11.6 Å². The molecule has 11 heteroatoms. The molecule has 0 saturated carbocycles. The molecule has 3 aromatic carbocycles. The predicted molar refractivity (Wildman–Crippen MR) is 167 cm³/mol. The Balaban J connectivity index is 1.40. The van der Waals surface area contributed by atoms with Crippen molar-refractivity contribution in [3.8, 4) is 16.9 Å². The summed E-state index contributed by atoms with van der Waals surface area (Å²) in [5, 5.41) is 5.55. The van der Waals surface area contributed by atoms with Crippen molar-refractivity contribution in [2.45, 2.75) is 45.2 Å². The van der Waals surface area contributed by atoms with Crippen LogP contribution >= 0.6 is 0 Å². The molecule has 2 atom stereocenters. The maximum Gasteiger partial charge on any atom is 0.330 e. The molecule has 0 bridgehead atoms. The summed E-state index contributed by atoms with van der Waals surface area (Å²) in [7, 11) is 2.95. The molecule has 0 radical (unpaired) electrons. The Morgan fingerprint density at radius 1 is 1.00 bits per heavy atom. The van der Waals surface area contributed by atoms with Crippen molar-refractivity contribution >= 4 is 17.4 Å². The summed E-state index contributed by atoms with van der Waals surface area (Å²) in [4.78, 5) is 51.0. The predicted octanol–water partition coefficient (Wildman–Crippen LogP) is 4.46. The van der Waals surface area contributed by atoms with Gasteiger partial charge in [-0.05, 0) is 55.5 Å². The van der Waals surface area contributed by atoms with E-state index in [0.29, 0.717) is 36.3 Å². The summed E-state index contributed by atoms with van der Waals surface area (Å²) in [6, 6.07) is 13.6. The van der Waals surface area contributed by atoms with Crippen molar-refractivity contribution in [3.63, 3.8) is 0 Å². The molecule has 0 saturated heterocycles. The minimum Gasteiger partial charge on any atom is -0.493 e. The second-order valence-electron chi connectivity index (χ2n) is 11.3. The Morgan fingerprint density at radius 3 is 2.36 bits per heavy atom. The maximum absolute atomic E-state index is 15.1. The van der Waals surface area contributed by atoms with Gasteiger partial charge in [0.15, 0.2) is 5.78 Å². The quantitative estimate of drug-likeness (QED) is 0.288. The molecule has 234 valence electrons. The number of nitrogens with one attached hydrogen (secondary N) is 2. The lowest BCUT2D eigenvalue weighted by atomic mass is 9.90. The first-order valence-electron chi connectivity index (χ1n) is 14.6. The minimum atomic E-state index is -1.09. The first-order chi connectivity index (χ1) is 21.5. The molecule has 2 N–H and O–H groups in total. The van der Waals surface area contributed by atoms with Gasteiger partial charge in [0.1, 0.15) is 22.9 Å². The molecule has 1 aliphatic heterocycles. The van der Waals surface area contributed by atoms with Crippen LogP contribution in [0.3, 0.4) is 0 Å². The minimum absolute atomic E-state index is 0.0375. The highest BCUT2D eigenvalue weighted by molar-refractivity contribution is 5.98. The van der Waals surface area contributed by atoms with E-state index in [0.717, 1.165) is 27.8 Å². The number of ether oxygens (including phenoxy) is 1. The van der Waals surface area contributed by atoms with Crippen LogP contribution in [0.15, 0.2) is 70.4 Å². The second kappa shape index (κ2) is 12.9. The molecule has 9 nitrogen and oxygen atoms in total. The average Bonchev–Trinajstić information content (AvgIpc) is 3.01. The van der Waals surface area contributed by atoms with Gasteiger partial charge in [-0.1, -0.05) is 42.5 Å². The number of nitrogens with zero attached hydrogens (tertiary/aromatic N) is 2. The summed E-state index contributed by atoms with van der Waals surface area (Å²) >= 11 is 0. The van der Waals surface area contributed by atoms with E-state index in [1.807, 2.05) is 37.3 Å². The van der Waals surface area contributed by atoms with Crippen molar-refractivity contribution < 1.29 is 23.1 Å². The molecule has 0 aliphatic carbocycles. The molecule has 1 aliphatic rings. The van der Waals surface area contributed by atoms with Crippen molar-refractivity contribution in [2.24, 2.45) is 14.1 Å². The standard InChI is InChI=1S/C34H34F2N4O5/c1-19(21-9-6-5-7-10-21)37-23-16-27(35)30(28(36)17-23)32(42)38-29(20(2)41)15-22-12-13-25(31-24(22)11-8-14-45-31)26-18-39(3)34(44)40(4)33(26)43/h5-7,9-10,12-13,16-19,29,37H,8,11,14-15H2,1-4H3,(H,38,42)/t19-,29-/m0/s1. The van der Waals surface area contributed by atoms with Gasteiger partial charge in [0, 0.05) is 44.0 Å². The molecule has 0 spiro atoms. The lowest BCUT2D eigenvalue weighted by Gasteiger charge is -2.25. The van der Waals surface area contributed by atoms with Gasteiger partial charge in [-0.15, -0.1) is 0 Å². The second-order valence-corrected chi connectivity index (χ2v) is 11.3. The monoisotopic (exact) mass is 616 g/mol. The van der Waals surface area contributed by atoms with Crippen molar-refractivity contribution in [3.05, 3.63) is 116 Å². The molecule has 4 aromatic rings. The van der Waals surface area contributed by atoms with E-state index in [4.69, 9.17) is 4.74 Å². The lowest BCUT2D eigenvalue weighted by Crippen LogP contribution is -2.42. The Hall–Kier alpha value is -5.06. The number of amides is 1. The van der Waals surface area contributed by atoms with E-state index < -0.39 is 46.2 Å². The fraction of sp³-hybridized carbons (Fsp3) is 0.294. The van der Waals surface area contributed by atoms with E-state index in [-0.39, 0.29) is 23.7 Å².